The van der Waals surface area contributed by atoms with Crippen molar-refractivity contribution in [2.24, 2.45) is 5.73 Å². The maximum atomic E-state index is 9.79. The molecule has 0 radical (unpaired) electrons. The van der Waals surface area contributed by atoms with Crippen molar-refractivity contribution in [1.82, 2.24) is 10.2 Å². The number of allylic oxidation sites excluding steroid dienone is 1. The van der Waals surface area contributed by atoms with Crippen molar-refractivity contribution in [2.75, 3.05) is 13.7 Å². The van der Waals surface area contributed by atoms with Gasteiger partial charge in [0.1, 0.15) is 11.6 Å². The molecule has 1 aliphatic heterocycles. The molecule has 2 heterocycles. The Morgan fingerprint density at radius 1 is 1.23 bits per heavy atom. The van der Waals surface area contributed by atoms with Crippen molar-refractivity contribution in [3.05, 3.63) is 70.1 Å². The van der Waals surface area contributed by atoms with Crippen LogP contribution in [0.2, 0.25) is 5.02 Å². The number of H-pyrrole nitrogens is 1. The zero-order valence-electron chi connectivity index (χ0n) is 16.4. The molecule has 3 aromatic rings. The second-order valence-corrected chi connectivity index (χ2v) is 7.03. The van der Waals surface area contributed by atoms with E-state index in [0.717, 1.165) is 11.1 Å². The molecule has 0 amide bonds. The van der Waals surface area contributed by atoms with Crippen molar-refractivity contribution in [3.63, 3.8) is 0 Å². The number of hydrogen-bond donors (Lipinski definition) is 2. The molecule has 2 aromatic carbocycles. The van der Waals surface area contributed by atoms with Crippen LogP contribution >= 0.6 is 11.6 Å². The topological polar surface area (TPSA) is 106 Å². The molecule has 0 fully saturated rings. The molecule has 1 aliphatic rings. The van der Waals surface area contributed by atoms with Gasteiger partial charge in [0.05, 0.1) is 30.9 Å². The molecular weight excluding hydrogens is 404 g/mol. The monoisotopic (exact) mass is 422 g/mol. The van der Waals surface area contributed by atoms with Crippen LogP contribution in [-0.2, 0) is 0 Å². The second kappa shape index (κ2) is 8.01. The van der Waals surface area contributed by atoms with Gasteiger partial charge in [-0.2, -0.15) is 5.26 Å². The summed E-state index contributed by atoms with van der Waals surface area (Å²) in [6, 6.07) is 15.0. The average Bonchev–Trinajstić information content (AvgIpc) is 3.17. The normalized spacial score (nSPS) is 15.2. The molecule has 0 saturated heterocycles. The first-order valence-corrected chi connectivity index (χ1v) is 9.67. The summed E-state index contributed by atoms with van der Waals surface area (Å²) >= 11 is 6.06. The van der Waals surface area contributed by atoms with E-state index in [-0.39, 0.29) is 5.88 Å². The molecule has 7 nitrogen and oxygen atoms in total. The predicted molar refractivity (Wildman–Crippen MR) is 112 cm³/mol. The van der Waals surface area contributed by atoms with Crippen molar-refractivity contribution in [2.45, 2.75) is 12.8 Å². The predicted octanol–water partition coefficient (Wildman–Crippen LogP) is 4.36. The van der Waals surface area contributed by atoms with Gasteiger partial charge in [0.25, 0.3) is 0 Å². The Morgan fingerprint density at radius 3 is 2.67 bits per heavy atom. The number of nitrogens with zero attached hydrogens (tertiary/aromatic N) is 2. The fourth-order valence-corrected chi connectivity index (χ4v) is 3.68. The molecule has 0 aliphatic carbocycles. The van der Waals surface area contributed by atoms with Crippen LogP contribution in [0.5, 0.6) is 17.4 Å². The maximum Gasteiger partial charge on any atom is 0.244 e. The molecule has 30 heavy (non-hydrogen) atoms. The molecule has 0 spiro atoms. The van der Waals surface area contributed by atoms with Gasteiger partial charge in [-0.1, -0.05) is 23.7 Å². The lowest BCUT2D eigenvalue weighted by atomic mass is 9.83. The van der Waals surface area contributed by atoms with E-state index in [9.17, 15) is 5.26 Å². The van der Waals surface area contributed by atoms with Gasteiger partial charge in [0, 0.05) is 10.6 Å². The van der Waals surface area contributed by atoms with Crippen molar-refractivity contribution in [1.29, 1.82) is 5.26 Å². The van der Waals surface area contributed by atoms with Crippen LogP contribution in [0.4, 0.5) is 0 Å². The van der Waals surface area contributed by atoms with Gasteiger partial charge in [-0.3, -0.25) is 5.10 Å². The summed E-state index contributed by atoms with van der Waals surface area (Å²) in [6.45, 7) is 2.43. The van der Waals surface area contributed by atoms with Crippen LogP contribution in [0.3, 0.4) is 0 Å². The summed E-state index contributed by atoms with van der Waals surface area (Å²) in [4.78, 5) is 0. The molecule has 0 saturated carbocycles. The molecule has 3 N–H and O–H groups in total. The van der Waals surface area contributed by atoms with Gasteiger partial charge >= 0.3 is 0 Å². The number of nitrogens with two attached hydrogens (primary N) is 1. The summed E-state index contributed by atoms with van der Waals surface area (Å²) in [5.74, 6) is 1.14. The lowest BCUT2D eigenvalue weighted by Crippen LogP contribution is -2.20. The van der Waals surface area contributed by atoms with E-state index in [1.807, 2.05) is 37.3 Å². The third-order valence-corrected chi connectivity index (χ3v) is 5.15. The number of rotatable bonds is 5. The molecule has 4 rings (SSSR count). The van der Waals surface area contributed by atoms with Gasteiger partial charge in [0.2, 0.25) is 11.8 Å². The largest absolute Gasteiger partial charge is 0.493 e. The highest BCUT2D eigenvalue weighted by molar-refractivity contribution is 6.30. The van der Waals surface area contributed by atoms with Crippen LogP contribution in [0.25, 0.3) is 11.3 Å². The van der Waals surface area contributed by atoms with Crippen LogP contribution in [0, 0.1) is 11.3 Å². The van der Waals surface area contributed by atoms with Crippen LogP contribution in [-0.4, -0.2) is 23.9 Å². The Hall–Kier alpha value is -3.63. The minimum Gasteiger partial charge on any atom is -0.493 e. The fourth-order valence-electron chi connectivity index (χ4n) is 3.55. The third kappa shape index (κ3) is 3.31. The van der Waals surface area contributed by atoms with Gasteiger partial charge in [-0.15, -0.1) is 5.10 Å². The Bertz CT molecular complexity index is 1160. The number of nitrogens with one attached hydrogen (secondary N) is 1. The van der Waals surface area contributed by atoms with Crippen molar-refractivity contribution in [3.8, 4) is 34.7 Å². The third-order valence-electron chi connectivity index (χ3n) is 4.89. The molecule has 0 bridgehead atoms. The van der Waals surface area contributed by atoms with Gasteiger partial charge < -0.3 is 19.9 Å². The number of aromatic nitrogens is 2. The van der Waals surface area contributed by atoms with E-state index in [2.05, 4.69) is 16.3 Å². The highest BCUT2D eigenvalue weighted by Crippen LogP contribution is 2.46. The number of benzene rings is 2. The zero-order chi connectivity index (χ0) is 21.3. The summed E-state index contributed by atoms with van der Waals surface area (Å²) in [5.41, 5.74) is 9.42. The lowest BCUT2D eigenvalue weighted by Gasteiger charge is -2.24. The van der Waals surface area contributed by atoms with E-state index in [1.165, 1.54) is 0 Å². The summed E-state index contributed by atoms with van der Waals surface area (Å²) in [6.07, 6.45) is 0. The Labute approximate surface area is 178 Å². The highest BCUT2D eigenvalue weighted by Gasteiger charge is 2.35. The first kappa shape index (κ1) is 19.7. The van der Waals surface area contributed by atoms with Gasteiger partial charge in [0.15, 0.2) is 11.5 Å². The lowest BCUT2D eigenvalue weighted by molar-refractivity contribution is 0.311. The van der Waals surface area contributed by atoms with Gasteiger partial charge in [-0.05, 0) is 42.8 Å². The number of aromatic amines is 1. The highest BCUT2D eigenvalue weighted by atomic mass is 35.5. The van der Waals surface area contributed by atoms with Gasteiger partial charge in [-0.25, -0.2) is 0 Å². The van der Waals surface area contributed by atoms with E-state index in [4.69, 9.17) is 31.5 Å². The van der Waals surface area contributed by atoms with Crippen LogP contribution in [0.15, 0.2) is 53.9 Å². The molecule has 1 aromatic heterocycles. The zero-order valence-corrected chi connectivity index (χ0v) is 17.2. The van der Waals surface area contributed by atoms with Crippen molar-refractivity contribution >= 4 is 11.6 Å². The van der Waals surface area contributed by atoms with E-state index < -0.39 is 5.92 Å². The van der Waals surface area contributed by atoms with Crippen molar-refractivity contribution < 1.29 is 14.2 Å². The molecule has 1 atom stereocenters. The molecule has 8 heteroatoms. The minimum atomic E-state index is -0.456. The van der Waals surface area contributed by atoms with E-state index in [0.29, 0.717) is 45.8 Å². The standard InChI is InChI=1S/C22H19ClN4O3/c1-3-29-16-9-6-13(10-17(16)28-2)20-19-18(12-4-7-14(23)8-5-12)15(11-24)21(25)30-22(19)27-26-20/h4-10,18H,3,25H2,1-2H3,(H,26,27). The number of halogens is 1. The molecular formula is C22H19ClN4O3. The van der Waals surface area contributed by atoms with Crippen LogP contribution < -0.4 is 19.9 Å². The molecule has 152 valence electrons. The number of ether oxygens (including phenoxy) is 3. The Morgan fingerprint density at radius 2 is 2.00 bits per heavy atom. The maximum absolute atomic E-state index is 9.79. The Balaban J connectivity index is 1.89. The van der Waals surface area contributed by atoms with E-state index >= 15 is 0 Å². The first-order chi connectivity index (χ1) is 14.6. The second-order valence-electron chi connectivity index (χ2n) is 6.59. The molecule has 1 unspecified atom stereocenters. The Kier molecular flexibility index (Phi) is 5.25. The summed E-state index contributed by atoms with van der Waals surface area (Å²) in [5, 5.41) is 17.7. The SMILES string of the molecule is CCOc1ccc(-c2[nH]nc3c2C(c2ccc(Cl)cc2)C(C#N)=C(N)O3)cc1OC. The smallest absolute Gasteiger partial charge is 0.244 e. The first-order valence-electron chi connectivity index (χ1n) is 9.29. The number of fused-ring (bicyclic) bond motifs is 1. The minimum absolute atomic E-state index is 0.0345. The quantitative estimate of drug-likeness (QED) is 0.632. The summed E-state index contributed by atoms with van der Waals surface area (Å²) < 4.78 is 16.7. The average molecular weight is 423 g/mol. The summed E-state index contributed by atoms with van der Waals surface area (Å²) in [7, 11) is 1.58. The number of methoxy groups -OCH3 is 1. The van der Waals surface area contributed by atoms with E-state index in [1.54, 1.807) is 19.2 Å². The number of hydrogen-bond acceptors (Lipinski definition) is 6. The van der Waals surface area contributed by atoms with Crippen LogP contribution in [0.1, 0.15) is 24.0 Å². The fraction of sp³-hybridized carbons (Fsp3) is 0.182. The number of nitriles is 1.